The van der Waals surface area contributed by atoms with Crippen LogP contribution >= 0.6 is 0 Å². The van der Waals surface area contributed by atoms with Crippen molar-refractivity contribution in [1.82, 2.24) is 4.98 Å². The van der Waals surface area contributed by atoms with E-state index in [0.29, 0.717) is 12.5 Å². The fourth-order valence-corrected chi connectivity index (χ4v) is 2.50. The first-order valence-electron chi connectivity index (χ1n) is 8.20. The zero-order valence-corrected chi connectivity index (χ0v) is 14.4. The lowest BCUT2D eigenvalue weighted by Gasteiger charge is -2.07. The summed E-state index contributed by atoms with van der Waals surface area (Å²) in [5.41, 5.74) is 3.76. The van der Waals surface area contributed by atoms with Gasteiger partial charge in [0.05, 0.1) is 6.61 Å². The van der Waals surface area contributed by atoms with E-state index in [4.69, 9.17) is 14.3 Å². The summed E-state index contributed by atoms with van der Waals surface area (Å²) in [6.07, 6.45) is 1.77. The lowest BCUT2D eigenvalue weighted by atomic mass is 10.1. The highest BCUT2D eigenvalue weighted by atomic mass is 16.5. The molecule has 0 spiro atoms. The van der Waals surface area contributed by atoms with Gasteiger partial charge in [-0.3, -0.25) is 0 Å². The number of aromatic nitrogens is 1. The van der Waals surface area contributed by atoms with Crippen LogP contribution in [0.4, 0.5) is 0 Å². The van der Waals surface area contributed by atoms with E-state index < -0.39 is 0 Å². The highest BCUT2D eigenvalue weighted by Crippen LogP contribution is 2.24. The Morgan fingerprint density at radius 3 is 2.72 bits per heavy atom. The van der Waals surface area contributed by atoms with Crippen LogP contribution in [-0.2, 0) is 6.61 Å². The molecule has 1 heterocycles. The Balaban J connectivity index is 1.73. The molecule has 0 amide bonds. The summed E-state index contributed by atoms with van der Waals surface area (Å²) in [7, 11) is 0. The second-order valence-electron chi connectivity index (χ2n) is 5.77. The van der Waals surface area contributed by atoms with Crippen LogP contribution in [0.5, 0.6) is 5.75 Å². The molecule has 3 aromatic rings. The highest BCUT2D eigenvalue weighted by Gasteiger charge is 2.12. The smallest absolute Gasteiger partial charge is 0.226 e. The third kappa shape index (κ3) is 4.17. The average molecular weight is 335 g/mol. The van der Waals surface area contributed by atoms with E-state index in [-0.39, 0.29) is 6.61 Å². The summed E-state index contributed by atoms with van der Waals surface area (Å²) in [5.74, 6) is 2.12. The third-order valence-electron chi connectivity index (χ3n) is 3.98. The lowest BCUT2D eigenvalue weighted by molar-refractivity contribution is 0.299. The first-order chi connectivity index (χ1) is 12.2. The van der Waals surface area contributed by atoms with E-state index in [1.807, 2.05) is 68.4 Å². The number of benzene rings is 2. The predicted octanol–water partition coefficient (Wildman–Crippen LogP) is 4.62. The maximum atomic E-state index is 9.02. The first-order valence-corrected chi connectivity index (χ1v) is 8.20. The zero-order chi connectivity index (χ0) is 17.6. The predicted molar refractivity (Wildman–Crippen MR) is 98.2 cm³/mol. The maximum absolute atomic E-state index is 9.02. The molecule has 0 unspecified atom stereocenters. The molecule has 0 atom stereocenters. The lowest BCUT2D eigenvalue weighted by Crippen LogP contribution is -1.98. The molecule has 0 aliphatic heterocycles. The Kier molecular flexibility index (Phi) is 5.31. The molecule has 4 heteroatoms. The second kappa shape index (κ2) is 7.81. The number of hydrogen-bond acceptors (Lipinski definition) is 4. The number of aryl methyl sites for hydroxylation is 1. The minimum atomic E-state index is 0.0251. The van der Waals surface area contributed by atoms with Gasteiger partial charge in [0.1, 0.15) is 23.8 Å². The molecule has 1 N–H and O–H groups in total. The maximum Gasteiger partial charge on any atom is 0.226 e. The minimum absolute atomic E-state index is 0.0251. The van der Waals surface area contributed by atoms with Gasteiger partial charge in [-0.1, -0.05) is 36.4 Å². The first kappa shape index (κ1) is 17.0. The molecule has 25 heavy (non-hydrogen) atoms. The van der Waals surface area contributed by atoms with Crippen LogP contribution in [-0.4, -0.2) is 16.7 Å². The Labute approximate surface area is 147 Å². The minimum Gasteiger partial charge on any atom is -0.487 e. The summed E-state index contributed by atoms with van der Waals surface area (Å²) in [6, 6.07) is 17.6. The van der Waals surface area contributed by atoms with Crippen molar-refractivity contribution in [3.05, 3.63) is 77.7 Å². The van der Waals surface area contributed by atoms with E-state index in [0.717, 1.165) is 33.9 Å². The number of allylic oxidation sites excluding steroid dienone is 1. The van der Waals surface area contributed by atoms with Gasteiger partial charge < -0.3 is 14.3 Å². The van der Waals surface area contributed by atoms with Crippen LogP contribution in [0.1, 0.15) is 23.9 Å². The fourth-order valence-electron chi connectivity index (χ4n) is 2.50. The Morgan fingerprint density at radius 1 is 1.16 bits per heavy atom. The van der Waals surface area contributed by atoms with E-state index >= 15 is 0 Å². The van der Waals surface area contributed by atoms with Gasteiger partial charge in [0.15, 0.2) is 0 Å². The van der Waals surface area contributed by atoms with Gasteiger partial charge in [-0.05, 0) is 49.2 Å². The van der Waals surface area contributed by atoms with Crippen LogP contribution in [0, 0.1) is 6.92 Å². The molecular weight excluding hydrogens is 314 g/mol. The quantitative estimate of drug-likeness (QED) is 0.714. The molecule has 3 rings (SSSR count). The number of aliphatic hydroxyl groups excluding tert-OH is 1. The molecule has 0 fully saturated rings. The Bertz CT molecular complexity index is 866. The van der Waals surface area contributed by atoms with Gasteiger partial charge in [0, 0.05) is 5.56 Å². The van der Waals surface area contributed by atoms with Gasteiger partial charge in [-0.2, -0.15) is 0 Å². The molecule has 0 aliphatic rings. The molecule has 2 aromatic carbocycles. The topological polar surface area (TPSA) is 55.5 Å². The molecule has 0 saturated heterocycles. The van der Waals surface area contributed by atoms with Crippen molar-refractivity contribution in [1.29, 1.82) is 0 Å². The molecule has 0 aliphatic carbocycles. The van der Waals surface area contributed by atoms with E-state index in [9.17, 15) is 0 Å². The Morgan fingerprint density at radius 2 is 1.96 bits per heavy atom. The van der Waals surface area contributed by atoms with Crippen LogP contribution in [0.3, 0.4) is 0 Å². The summed E-state index contributed by atoms with van der Waals surface area (Å²) >= 11 is 0. The van der Waals surface area contributed by atoms with Crippen molar-refractivity contribution in [3.8, 4) is 17.2 Å². The van der Waals surface area contributed by atoms with Crippen LogP contribution in [0.15, 0.2) is 65.1 Å². The largest absolute Gasteiger partial charge is 0.487 e. The molecule has 1 aromatic heterocycles. The standard InChI is InChI=1S/C21H21NO3/c1-15(11-12-23)18-9-6-10-19(13-18)24-14-20-16(2)25-21(22-20)17-7-4-3-5-8-17/h3-11,13,23H,12,14H2,1-2H3/b15-11-. The van der Waals surface area contributed by atoms with Gasteiger partial charge >= 0.3 is 0 Å². The van der Waals surface area contributed by atoms with Crippen molar-refractivity contribution in [2.75, 3.05) is 6.61 Å². The molecule has 0 bridgehead atoms. The number of nitrogens with zero attached hydrogens (tertiary/aromatic N) is 1. The SMILES string of the molecule is C/C(=C/CO)c1cccc(OCc2nc(-c3ccccc3)oc2C)c1. The normalized spacial score (nSPS) is 11.6. The van der Waals surface area contributed by atoms with E-state index in [2.05, 4.69) is 4.98 Å². The van der Waals surface area contributed by atoms with Crippen LogP contribution < -0.4 is 4.74 Å². The summed E-state index contributed by atoms with van der Waals surface area (Å²) < 4.78 is 11.6. The summed E-state index contributed by atoms with van der Waals surface area (Å²) in [5, 5.41) is 9.02. The fraction of sp³-hybridized carbons (Fsp3) is 0.190. The van der Waals surface area contributed by atoms with E-state index in [1.165, 1.54) is 0 Å². The van der Waals surface area contributed by atoms with Crippen molar-refractivity contribution in [2.24, 2.45) is 0 Å². The van der Waals surface area contributed by atoms with Gasteiger partial charge in [-0.25, -0.2) is 4.98 Å². The molecule has 4 nitrogen and oxygen atoms in total. The average Bonchev–Trinajstić information content (AvgIpc) is 3.02. The van der Waals surface area contributed by atoms with Gasteiger partial charge in [-0.15, -0.1) is 0 Å². The second-order valence-corrected chi connectivity index (χ2v) is 5.77. The Hall–Kier alpha value is -2.85. The third-order valence-corrected chi connectivity index (χ3v) is 3.98. The van der Waals surface area contributed by atoms with E-state index in [1.54, 1.807) is 6.08 Å². The van der Waals surface area contributed by atoms with Crippen molar-refractivity contribution >= 4 is 5.57 Å². The zero-order valence-electron chi connectivity index (χ0n) is 14.4. The van der Waals surface area contributed by atoms with Crippen LogP contribution in [0.25, 0.3) is 17.0 Å². The van der Waals surface area contributed by atoms with Crippen molar-refractivity contribution in [3.63, 3.8) is 0 Å². The van der Waals surface area contributed by atoms with Crippen molar-refractivity contribution in [2.45, 2.75) is 20.5 Å². The summed E-state index contributed by atoms with van der Waals surface area (Å²) in [4.78, 5) is 4.55. The molecule has 0 radical (unpaired) electrons. The van der Waals surface area contributed by atoms with Crippen LogP contribution in [0.2, 0.25) is 0 Å². The van der Waals surface area contributed by atoms with Gasteiger partial charge in [0.2, 0.25) is 5.89 Å². The number of rotatable bonds is 6. The monoisotopic (exact) mass is 335 g/mol. The highest BCUT2D eigenvalue weighted by molar-refractivity contribution is 5.64. The number of oxazole rings is 1. The summed E-state index contributed by atoms with van der Waals surface area (Å²) in [6.45, 7) is 4.22. The van der Waals surface area contributed by atoms with Crippen molar-refractivity contribution < 1.29 is 14.3 Å². The number of hydrogen-bond donors (Lipinski definition) is 1. The molecule has 0 saturated carbocycles. The molecule has 128 valence electrons. The number of aliphatic hydroxyl groups is 1. The molecular formula is C21H21NO3. The van der Waals surface area contributed by atoms with Gasteiger partial charge in [0.25, 0.3) is 0 Å². The number of ether oxygens (including phenoxy) is 1.